The van der Waals surface area contributed by atoms with Crippen molar-refractivity contribution in [2.24, 2.45) is 0 Å². The highest BCUT2D eigenvalue weighted by atomic mass is 16.5. The second-order valence-corrected chi connectivity index (χ2v) is 6.61. The summed E-state index contributed by atoms with van der Waals surface area (Å²) in [6, 6.07) is 16.3. The van der Waals surface area contributed by atoms with Crippen LogP contribution in [-0.2, 0) is 16.1 Å². The minimum atomic E-state index is -0.334. The zero-order chi connectivity index (χ0) is 21.8. The second kappa shape index (κ2) is 12.1. The Morgan fingerprint density at radius 2 is 1.63 bits per heavy atom. The van der Waals surface area contributed by atoms with Crippen molar-refractivity contribution in [2.75, 3.05) is 32.1 Å². The number of hydrogen-bond donors (Lipinski definition) is 3. The maximum Gasteiger partial charge on any atom is 0.317 e. The molecule has 0 heterocycles. The first-order chi connectivity index (χ1) is 14.5. The monoisotopic (exact) mass is 412 g/mol. The normalized spacial score (nSPS) is 10.1. The summed E-state index contributed by atoms with van der Waals surface area (Å²) in [5.74, 6) is 0.0715. The number of hydrogen-bond acceptors (Lipinski definition) is 4. The molecule has 0 fully saturated rings. The van der Waals surface area contributed by atoms with Gasteiger partial charge in [-0.2, -0.15) is 0 Å². The van der Waals surface area contributed by atoms with Crippen LogP contribution < -0.4 is 20.7 Å². The van der Waals surface area contributed by atoms with Gasteiger partial charge in [-0.15, -0.1) is 0 Å². The zero-order valence-electron chi connectivity index (χ0n) is 17.3. The van der Waals surface area contributed by atoms with Crippen molar-refractivity contribution in [3.63, 3.8) is 0 Å². The molecule has 0 aliphatic carbocycles. The quantitative estimate of drug-likeness (QED) is 0.558. The number of ether oxygens (including phenoxy) is 1. The average molecular weight is 412 g/mol. The number of carbonyl (C=O) groups excluding carboxylic acids is 3. The summed E-state index contributed by atoms with van der Waals surface area (Å²) in [5, 5.41) is 7.92. The largest absolute Gasteiger partial charge is 0.494 e. The molecule has 0 bridgehead atoms. The Kier molecular flexibility index (Phi) is 9.18. The summed E-state index contributed by atoms with van der Waals surface area (Å²) in [5.41, 5.74) is 1.64. The Hall–Kier alpha value is -3.55. The third-order valence-electron chi connectivity index (χ3n) is 4.13. The van der Waals surface area contributed by atoms with E-state index >= 15 is 0 Å². The number of urea groups is 1. The lowest BCUT2D eigenvalue weighted by Crippen LogP contribution is -2.39. The van der Waals surface area contributed by atoms with Gasteiger partial charge in [0.1, 0.15) is 5.75 Å². The number of amides is 4. The molecule has 0 atom stereocenters. The Morgan fingerprint density at radius 1 is 0.933 bits per heavy atom. The molecule has 0 unspecified atom stereocenters. The number of nitrogens with zero attached hydrogens (tertiary/aromatic N) is 1. The summed E-state index contributed by atoms with van der Waals surface area (Å²) in [6.07, 6.45) is 0.0846. The van der Waals surface area contributed by atoms with E-state index in [1.807, 2.05) is 37.3 Å². The molecule has 160 valence electrons. The van der Waals surface area contributed by atoms with E-state index < -0.39 is 0 Å². The van der Waals surface area contributed by atoms with Crippen LogP contribution in [0.5, 0.6) is 5.75 Å². The number of carbonyl (C=O) groups is 3. The number of rotatable bonds is 10. The van der Waals surface area contributed by atoms with Crippen LogP contribution in [0.25, 0.3) is 0 Å². The topological polar surface area (TPSA) is 99.8 Å². The first-order valence-electron chi connectivity index (χ1n) is 9.80. The van der Waals surface area contributed by atoms with Crippen LogP contribution in [0.2, 0.25) is 0 Å². The molecule has 0 aliphatic heterocycles. The van der Waals surface area contributed by atoms with Gasteiger partial charge in [-0.3, -0.25) is 9.59 Å². The number of benzene rings is 2. The van der Waals surface area contributed by atoms with Crippen molar-refractivity contribution in [1.29, 1.82) is 0 Å². The zero-order valence-corrected chi connectivity index (χ0v) is 17.3. The van der Waals surface area contributed by atoms with Gasteiger partial charge in [0.05, 0.1) is 13.2 Å². The predicted octanol–water partition coefficient (Wildman–Crippen LogP) is 2.37. The van der Waals surface area contributed by atoms with Crippen molar-refractivity contribution in [2.45, 2.75) is 19.9 Å². The summed E-state index contributed by atoms with van der Waals surface area (Å²) < 4.78 is 5.34. The van der Waals surface area contributed by atoms with Crippen LogP contribution in [0.15, 0.2) is 54.6 Å². The van der Waals surface area contributed by atoms with E-state index in [2.05, 4.69) is 16.0 Å². The Balaban J connectivity index is 1.62. The highest BCUT2D eigenvalue weighted by Crippen LogP contribution is 2.15. The van der Waals surface area contributed by atoms with Gasteiger partial charge in [-0.05, 0) is 36.8 Å². The second-order valence-electron chi connectivity index (χ2n) is 6.61. The van der Waals surface area contributed by atoms with Gasteiger partial charge in [-0.1, -0.05) is 30.3 Å². The minimum Gasteiger partial charge on any atom is -0.494 e. The highest BCUT2D eigenvalue weighted by molar-refractivity contribution is 5.94. The van der Waals surface area contributed by atoms with E-state index in [4.69, 9.17) is 4.74 Å². The fourth-order valence-electron chi connectivity index (χ4n) is 2.62. The van der Waals surface area contributed by atoms with Crippen LogP contribution in [0.4, 0.5) is 10.5 Å². The summed E-state index contributed by atoms with van der Waals surface area (Å²) in [7, 11) is 1.69. The SMILES string of the molecule is CCOc1ccc(NC(=O)CNC(=O)CCNC(=O)N(C)Cc2ccccc2)cc1. The van der Waals surface area contributed by atoms with Crippen LogP contribution in [0.1, 0.15) is 18.9 Å². The molecule has 0 spiro atoms. The first kappa shape index (κ1) is 22.7. The summed E-state index contributed by atoms with van der Waals surface area (Å²) >= 11 is 0. The third kappa shape index (κ3) is 8.22. The van der Waals surface area contributed by atoms with Crippen molar-refractivity contribution >= 4 is 23.5 Å². The maximum atomic E-state index is 12.1. The molecular weight excluding hydrogens is 384 g/mol. The van der Waals surface area contributed by atoms with E-state index in [0.29, 0.717) is 18.8 Å². The fourth-order valence-corrected chi connectivity index (χ4v) is 2.62. The van der Waals surface area contributed by atoms with E-state index in [-0.39, 0.29) is 37.4 Å². The lowest BCUT2D eigenvalue weighted by atomic mass is 10.2. The molecule has 0 saturated carbocycles. The van der Waals surface area contributed by atoms with E-state index in [9.17, 15) is 14.4 Å². The van der Waals surface area contributed by atoms with Gasteiger partial charge in [0.2, 0.25) is 11.8 Å². The number of nitrogens with one attached hydrogen (secondary N) is 3. The van der Waals surface area contributed by atoms with Crippen molar-refractivity contribution < 1.29 is 19.1 Å². The summed E-state index contributed by atoms with van der Waals surface area (Å²) in [6.45, 7) is 2.98. The molecule has 0 saturated heterocycles. The molecule has 0 aliphatic rings. The van der Waals surface area contributed by atoms with E-state index in [1.165, 1.54) is 4.90 Å². The standard InChI is InChI=1S/C22H28N4O4/c1-3-30-19-11-9-18(10-12-19)25-21(28)15-24-20(27)13-14-23-22(29)26(2)16-17-7-5-4-6-8-17/h4-12H,3,13-16H2,1-2H3,(H,23,29)(H,24,27)(H,25,28). The van der Waals surface area contributed by atoms with Crippen molar-refractivity contribution in [1.82, 2.24) is 15.5 Å². The molecule has 3 N–H and O–H groups in total. The molecule has 0 radical (unpaired) electrons. The van der Waals surface area contributed by atoms with Gasteiger partial charge >= 0.3 is 6.03 Å². The van der Waals surface area contributed by atoms with Gasteiger partial charge in [-0.25, -0.2) is 4.79 Å². The molecule has 4 amide bonds. The average Bonchev–Trinajstić information content (AvgIpc) is 2.74. The van der Waals surface area contributed by atoms with E-state index in [1.54, 1.807) is 31.3 Å². The first-order valence-corrected chi connectivity index (χ1v) is 9.80. The van der Waals surface area contributed by atoms with E-state index in [0.717, 1.165) is 11.3 Å². The number of anilines is 1. The molecular formula is C22H28N4O4. The van der Waals surface area contributed by atoms with Gasteiger partial charge < -0.3 is 25.6 Å². The Morgan fingerprint density at radius 3 is 2.30 bits per heavy atom. The molecule has 8 heteroatoms. The molecule has 8 nitrogen and oxygen atoms in total. The minimum absolute atomic E-state index is 0.0846. The smallest absolute Gasteiger partial charge is 0.317 e. The van der Waals surface area contributed by atoms with Gasteiger partial charge in [0.25, 0.3) is 0 Å². The highest BCUT2D eigenvalue weighted by Gasteiger charge is 2.10. The molecule has 2 aromatic carbocycles. The molecule has 0 aromatic heterocycles. The maximum absolute atomic E-state index is 12.1. The Labute approximate surface area is 176 Å². The van der Waals surface area contributed by atoms with Crippen molar-refractivity contribution in [3.8, 4) is 5.75 Å². The predicted molar refractivity (Wildman–Crippen MR) is 115 cm³/mol. The van der Waals surface area contributed by atoms with Gasteiger partial charge in [0.15, 0.2) is 0 Å². The van der Waals surface area contributed by atoms with Crippen LogP contribution >= 0.6 is 0 Å². The fraction of sp³-hybridized carbons (Fsp3) is 0.318. The third-order valence-corrected chi connectivity index (χ3v) is 4.13. The summed E-state index contributed by atoms with van der Waals surface area (Å²) in [4.78, 5) is 37.4. The lowest BCUT2D eigenvalue weighted by molar-refractivity contribution is -0.124. The Bertz CT molecular complexity index is 825. The molecule has 30 heavy (non-hydrogen) atoms. The molecule has 2 rings (SSSR count). The van der Waals surface area contributed by atoms with Crippen LogP contribution in [-0.4, -0.2) is 49.5 Å². The van der Waals surface area contributed by atoms with Crippen LogP contribution in [0.3, 0.4) is 0 Å². The lowest BCUT2D eigenvalue weighted by Gasteiger charge is -2.18. The molecule has 2 aromatic rings. The van der Waals surface area contributed by atoms with Crippen molar-refractivity contribution in [3.05, 3.63) is 60.2 Å². The van der Waals surface area contributed by atoms with Crippen LogP contribution in [0, 0.1) is 0 Å². The van der Waals surface area contributed by atoms with Gasteiger partial charge in [0, 0.05) is 32.2 Å².